The van der Waals surface area contributed by atoms with Crippen molar-refractivity contribution >= 4 is 6.08 Å². The van der Waals surface area contributed by atoms with Crippen LogP contribution in [0.2, 0.25) is 0 Å². The first-order valence-electron chi connectivity index (χ1n) is 5.39. The first-order chi connectivity index (χ1) is 7.18. The monoisotopic (exact) mass is 205 g/mol. The van der Waals surface area contributed by atoms with Gasteiger partial charge in [-0.05, 0) is 43.4 Å². The van der Waals surface area contributed by atoms with Crippen LogP contribution in [0.5, 0.6) is 0 Å². The zero-order chi connectivity index (χ0) is 10.7. The van der Waals surface area contributed by atoms with Crippen molar-refractivity contribution in [2.24, 2.45) is 5.73 Å². The Kier molecular flexibility index (Phi) is 2.87. The molecule has 0 spiro atoms. The van der Waals surface area contributed by atoms with Crippen molar-refractivity contribution in [2.75, 3.05) is 0 Å². The van der Waals surface area contributed by atoms with Crippen LogP contribution in [0.1, 0.15) is 31.2 Å². The smallest absolute Gasteiger partial charge is 0.123 e. The number of nitrogens with two attached hydrogens (primary N) is 1. The Hall–Kier alpha value is -1.15. The fraction of sp³-hybridized carbons (Fsp3) is 0.385. The van der Waals surface area contributed by atoms with Crippen LogP contribution in [0.4, 0.5) is 4.39 Å². The summed E-state index contributed by atoms with van der Waals surface area (Å²) < 4.78 is 12.6. The number of benzene rings is 1. The van der Waals surface area contributed by atoms with Gasteiger partial charge in [0.05, 0.1) is 0 Å². The van der Waals surface area contributed by atoms with Crippen LogP contribution in [0.15, 0.2) is 30.3 Å². The molecule has 0 unspecified atom stereocenters. The average Bonchev–Trinajstić information content (AvgIpc) is 2.95. The zero-order valence-corrected chi connectivity index (χ0v) is 8.75. The lowest BCUT2D eigenvalue weighted by atomic mass is 10.1. The summed E-state index contributed by atoms with van der Waals surface area (Å²) in [5.41, 5.74) is 7.13. The molecule has 2 rings (SSSR count). The summed E-state index contributed by atoms with van der Waals surface area (Å²) in [6, 6.07) is 6.51. The second kappa shape index (κ2) is 4.15. The van der Waals surface area contributed by atoms with E-state index in [1.54, 1.807) is 12.1 Å². The van der Waals surface area contributed by atoms with Gasteiger partial charge in [-0.2, -0.15) is 0 Å². The zero-order valence-electron chi connectivity index (χ0n) is 8.75. The first kappa shape index (κ1) is 10.4. The van der Waals surface area contributed by atoms with Gasteiger partial charge in [-0.25, -0.2) is 4.39 Å². The molecule has 1 nitrogen and oxygen atoms in total. The Bertz CT molecular complexity index is 349. The van der Waals surface area contributed by atoms with Gasteiger partial charge < -0.3 is 5.73 Å². The molecule has 1 saturated carbocycles. The Morgan fingerprint density at radius 2 is 1.93 bits per heavy atom. The highest BCUT2D eigenvalue weighted by Gasteiger charge is 2.36. The molecule has 0 aliphatic heterocycles. The van der Waals surface area contributed by atoms with E-state index in [1.807, 2.05) is 6.08 Å². The summed E-state index contributed by atoms with van der Waals surface area (Å²) in [5, 5.41) is 0. The third-order valence-electron chi connectivity index (χ3n) is 2.88. The van der Waals surface area contributed by atoms with Gasteiger partial charge in [-0.15, -0.1) is 0 Å². The minimum Gasteiger partial charge on any atom is -0.325 e. The van der Waals surface area contributed by atoms with E-state index in [0.29, 0.717) is 0 Å². The van der Waals surface area contributed by atoms with Gasteiger partial charge in [0.25, 0.3) is 0 Å². The van der Waals surface area contributed by atoms with E-state index < -0.39 is 0 Å². The van der Waals surface area contributed by atoms with Crippen molar-refractivity contribution in [1.29, 1.82) is 0 Å². The molecule has 1 aromatic carbocycles. The lowest BCUT2D eigenvalue weighted by Gasteiger charge is -2.03. The molecule has 15 heavy (non-hydrogen) atoms. The lowest BCUT2D eigenvalue weighted by molar-refractivity contribution is 0.618. The van der Waals surface area contributed by atoms with Gasteiger partial charge >= 0.3 is 0 Å². The molecule has 80 valence electrons. The molecule has 0 atom stereocenters. The van der Waals surface area contributed by atoms with E-state index in [9.17, 15) is 4.39 Å². The highest BCUT2D eigenvalue weighted by molar-refractivity contribution is 5.48. The second-order valence-corrected chi connectivity index (χ2v) is 4.35. The van der Waals surface area contributed by atoms with Crippen LogP contribution in [0.25, 0.3) is 6.08 Å². The van der Waals surface area contributed by atoms with Crippen LogP contribution in [-0.2, 0) is 0 Å². The van der Waals surface area contributed by atoms with E-state index in [-0.39, 0.29) is 11.4 Å². The van der Waals surface area contributed by atoms with E-state index in [0.717, 1.165) is 31.2 Å². The SMILES string of the molecule is NC1(CC/C=C/c2ccc(F)cc2)CC1. The molecule has 1 aliphatic rings. The Balaban J connectivity index is 1.80. The Labute approximate surface area is 89.8 Å². The van der Waals surface area contributed by atoms with E-state index in [2.05, 4.69) is 6.08 Å². The molecular weight excluding hydrogens is 189 g/mol. The predicted molar refractivity (Wildman–Crippen MR) is 60.8 cm³/mol. The molecular formula is C13H16FN. The molecule has 0 aromatic heterocycles. The topological polar surface area (TPSA) is 26.0 Å². The van der Waals surface area contributed by atoms with Crippen LogP contribution in [0, 0.1) is 5.82 Å². The molecule has 0 saturated heterocycles. The van der Waals surface area contributed by atoms with Gasteiger partial charge in [-0.1, -0.05) is 24.3 Å². The summed E-state index contributed by atoms with van der Waals surface area (Å²) in [7, 11) is 0. The Morgan fingerprint density at radius 3 is 2.53 bits per heavy atom. The van der Waals surface area contributed by atoms with E-state index in [1.165, 1.54) is 12.1 Å². The number of rotatable bonds is 4. The fourth-order valence-electron chi connectivity index (χ4n) is 1.57. The van der Waals surface area contributed by atoms with Gasteiger partial charge in [0, 0.05) is 5.54 Å². The highest BCUT2D eigenvalue weighted by Crippen LogP contribution is 2.36. The minimum atomic E-state index is -0.189. The summed E-state index contributed by atoms with van der Waals surface area (Å²) in [6.45, 7) is 0. The van der Waals surface area contributed by atoms with Crippen molar-refractivity contribution in [3.05, 3.63) is 41.7 Å². The highest BCUT2D eigenvalue weighted by atomic mass is 19.1. The molecule has 2 heteroatoms. The maximum Gasteiger partial charge on any atom is 0.123 e. The lowest BCUT2D eigenvalue weighted by Crippen LogP contribution is -2.20. The molecule has 0 bridgehead atoms. The number of hydrogen-bond acceptors (Lipinski definition) is 1. The quantitative estimate of drug-likeness (QED) is 0.803. The summed E-state index contributed by atoms with van der Waals surface area (Å²) >= 11 is 0. The minimum absolute atomic E-state index is 0.132. The molecule has 0 heterocycles. The maximum atomic E-state index is 12.6. The maximum absolute atomic E-state index is 12.6. The average molecular weight is 205 g/mol. The molecule has 2 N–H and O–H groups in total. The molecule has 1 fully saturated rings. The van der Waals surface area contributed by atoms with Crippen LogP contribution >= 0.6 is 0 Å². The van der Waals surface area contributed by atoms with Gasteiger partial charge in [0.2, 0.25) is 0 Å². The van der Waals surface area contributed by atoms with Gasteiger partial charge in [0.1, 0.15) is 5.82 Å². The predicted octanol–water partition coefficient (Wildman–Crippen LogP) is 3.11. The summed E-state index contributed by atoms with van der Waals surface area (Å²) in [5.74, 6) is -0.189. The normalized spacial score (nSPS) is 18.3. The summed E-state index contributed by atoms with van der Waals surface area (Å²) in [4.78, 5) is 0. The number of hydrogen-bond donors (Lipinski definition) is 1. The van der Waals surface area contributed by atoms with Crippen molar-refractivity contribution in [3.8, 4) is 0 Å². The van der Waals surface area contributed by atoms with Gasteiger partial charge in [-0.3, -0.25) is 0 Å². The van der Waals surface area contributed by atoms with Crippen molar-refractivity contribution in [1.82, 2.24) is 0 Å². The van der Waals surface area contributed by atoms with Gasteiger partial charge in [0.15, 0.2) is 0 Å². The Morgan fingerprint density at radius 1 is 1.27 bits per heavy atom. The number of halogens is 1. The molecule has 0 amide bonds. The van der Waals surface area contributed by atoms with Crippen LogP contribution < -0.4 is 5.73 Å². The van der Waals surface area contributed by atoms with Crippen LogP contribution in [0.3, 0.4) is 0 Å². The van der Waals surface area contributed by atoms with Crippen molar-refractivity contribution in [2.45, 2.75) is 31.2 Å². The number of allylic oxidation sites excluding steroid dienone is 1. The third-order valence-corrected chi connectivity index (χ3v) is 2.88. The second-order valence-electron chi connectivity index (χ2n) is 4.35. The standard InChI is InChI=1S/C13H16FN/c14-12-6-4-11(5-7-12)3-1-2-8-13(15)9-10-13/h1,3-7H,2,8-10,15H2/b3-1+. The molecule has 0 radical (unpaired) electrons. The molecule has 1 aromatic rings. The van der Waals surface area contributed by atoms with E-state index >= 15 is 0 Å². The van der Waals surface area contributed by atoms with Crippen molar-refractivity contribution in [3.63, 3.8) is 0 Å². The van der Waals surface area contributed by atoms with Crippen LogP contribution in [-0.4, -0.2) is 5.54 Å². The largest absolute Gasteiger partial charge is 0.325 e. The van der Waals surface area contributed by atoms with Crippen molar-refractivity contribution < 1.29 is 4.39 Å². The molecule has 1 aliphatic carbocycles. The van der Waals surface area contributed by atoms with E-state index in [4.69, 9.17) is 5.73 Å². The summed E-state index contributed by atoms with van der Waals surface area (Å²) in [6.07, 6.45) is 8.53. The third kappa shape index (κ3) is 3.17. The first-order valence-corrected chi connectivity index (χ1v) is 5.39. The fourth-order valence-corrected chi connectivity index (χ4v) is 1.57.